The van der Waals surface area contributed by atoms with Crippen LogP contribution in [0.15, 0.2) is 89.6 Å². The average Bonchev–Trinajstić information content (AvgIpc) is 3.63. The molecule has 0 fully saturated rings. The molecule has 0 aliphatic carbocycles. The van der Waals surface area contributed by atoms with Gasteiger partial charge in [0.05, 0.1) is 40.6 Å². The van der Waals surface area contributed by atoms with Crippen molar-refractivity contribution in [1.29, 1.82) is 0 Å². The number of anilines is 1. The highest BCUT2D eigenvalue weighted by atomic mass is 16.3. The van der Waals surface area contributed by atoms with E-state index in [4.69, 9.17) is 4.42 Å². The molecule has 0 bridgehead atoms. The summed E-state index contributed by atoms with van der Waals surface area (Å²) in [6, 6.07) is 23.1. The molecule has 0 aliphatic rings. The first-order chi connectivity index (χ1) is 17.6. The topological polar surface area (TPSA) is 102 Å². The Hall–Kier alpha value is -4.98. The molecule has 3 aromatic heterocycles. The van der Waals surface area contributed by atoms with Crippen molar-refractivity contribution in [3.05, 3.63) is 102 Å². The summed E-state index contributed by atoms with van der Waals surface area (Å²) in [4.78, 5) is 17.6. The Bertz CT molecular complexity index is 1690. The molecule has 6 aromatic rings. The highest BCUT2D eigenvalue weighted by Crippen LogP contribution is 2.33. The average molecular weight is 475 g/mol. The van der Waals surface area contributed by atoms with E-state index in [0.29, 0.717) is 17.1 Å². The Morgan fingerprint density at radius 3 is 2.53 bits per heavy atom. The second kappa shape index (κ2) is 8.66. The molecule has 8 nitrogen and oxygen atoms in total. The van der Waals surface area contributed by atoms with Gasteiger partial charge in [-0.1, -0.05) is 42.5 Å². The lowest BCUT2D eigenvalue weighted by molar-refractivity contribution is 0.102. The zero-order chi connectivity index (χ0) is 24.6. The fourth-order valence-corrected chi connectivity index (χ4v) is 4.25. The summed E-state index contributed by atoms with van der Waals surface area (Å²) in [6.07, 6.45) is 3.29. The van der Waals surface area contributed by atoms with Crippen LogP contribution < -0.4 is 5.32 Å². The van der Waals surface area contributed by atoms with E-state index in [0.717, 1.165) is 44.9 Å². The SMILES string of the molecule is Cc1cccc2oc(-c3cn[nH]c3-c3ccc(NC(=O)c4cnn(-c5ccccc5)c4C)cc3)nc12. The summed E-state index contributed by atoms with van der Waals surface area (Å²) in [7, 11) is 0. The maximum Gasteiger partial charge on any atom is 0.259 e. The summed E-state index contributed by atoms with van der Waals surface area (Å²) in [5.41, 5.74) is 7.95. The minimum Gasteiger partial charge on any atom is -0.436 e. The zero-order valence-corrected chi connectivity index (χ0v) is 19.7. The second-order valence-corrected chi connectivity index (χ2v) is 8.52. The minimum atomic E-state index is -0.216. The molecule has 0 aliphatic heterocycles. The smallest absolute Gasteiger partial charge is 0.259 e. The molecular weight excluding hydrogens is 452 g/mol. The molecule has 2 N–H and O–H groups in total. The van der Waals surface area contributed by atoms with E-state index in [1.54, 1.807) is 17.1 Å². The number of oxazole rings is 1. The van der Waals surface area contributed by atoms with Gasteiger partial charge in [-0.05, 0) is 49.7 Å². The molecule has 6 rings (SSSR count). The number of aromatic amines is 1. The largest absolute Gasteiger partial charge is 0.436 e. The van der Waals surface area contributed by atoms with Crippen molar-refractivity contribution in [2.45, 2.75) is 13.8 Å². The van der Waals surface area contributed by atoms with Crippen LogP contribution in [0.4, 0.5) is 5.69 Å². The predicted octanol–water partition coefficient (Wildman–Crippen LogP) is 5.94. The van der Waals surface area contributed by atoms with Crippen molar-refractivity contribution in [2.75, 3.05) is 5.32 Å². The summed E-state index contributed by atoms with van der Waals surface area (Å²) in [5, 5.41) is 14.6. The number of amides is 1. The van der Waals surface area contributed by atoms with Crippen LogP contribution in [0.1, 0.15) is 21.6 Å². The van der Waals surface area contributed by atoms with Crippen molar-refractivity contribution in [1.82, 2.24) is 25.0 Å². The highest BCUT2D eigenvalue weighted by molar-refractivity contribution is 6.05. The van der Waals surface area contributed by atoms with Crippen LogP contribution in [-0.2, 0) is 0 Å². The van der Waals surface area contributed by atoms with Crippen molar-refractivity contribution in [3.63, 3.8) is 0 Å². The standard InChI is InChI=1S/C28H22N6O2/c1-17-7-6-10-24-25(17)32-28(36-24)23-15-29-33-26(23)19-11-13-20(14-12-19)31-27(35)22-16-30-34(18(22)2)21-8-4-3-5-9-21/h3-16H,1-2H3,(H,29,33)(H,31,35). The Labute approximate surface area is 206 Å². The van der Waals surface area contributed by atoms with Gasteiger partial charge < -0.3 is 9.73 Å². The molecule has 1 amide bonds. The summed E-state index contributed by atoms with van der Waals surface area (Å²) in [5.74, 6) is 0.290. The van der Waals surface area contributed by atoms with Crippen molar-refractivity contribution < 1.29 is 9.21 Å². The number of nitrogens with zero attached hydrogens (tertiary/aromatic N) is 4. The number of hydrogen-bond acceptors (Lipinski definition) is 5. The van der Waals surface area contributed by atoms with E-state index < -0.39 is 0 Å². The van der Waals surface area contributed by atoms with Crippen LogP contribution in [-0.4, -0.2) is 30.9 Å². The number of aromatic nitrogens is 5. The number of fused-ring (bicyclic) bond motifs is 1. The van der Waals surface area contributed by atoms with E-state index in [9.17, 15) is 4.79 Å². The highest BCUT2D eigenvalue weighted by Gasteiger charge is 2.18. The summed E-state index contributed by atoms with van der Waals surface area (Å²) < 4.78 is 7.75. The van der Waals surface area contributed by atoms with Crippen LogP contribution in [0.5, 0.6) is 0 Å². The van der Waals surface area contributed by atoms with E-state index >= 15 is 0 Å². The number of hydrogen-bond donors (Lipinski definition) is 2. The van der Waals surface area contributed by atoms with Gasteiger partial charge in [-0.3, -0.25) is 9.89 Å². The number of carbonyl (C=O) groups is 1. The lowest BCUT2D eigenvalue weighted by Gasteiger charge is -2.08. The Morgan fingerprint density at radius 1 is 0.944 bits per heavy atom. The first kappa shape index (κ1) is 21.5. The van der Waals surface area contributed by atoms with Crippen LogP contribution in [0.25, 0.3) is 39.5 Å². The predicted molar refractivity (Wildman–Crippen MR) is 138 cm³/mol. The molecule has 36 heavy (non-hydrogen) atoms. The van der Waals surface area contributed by atoms with E-state index in [1.807, 2.05) is 86.6 Å². The number of para-hydroxylation sites is 2. The van der Waals surface area contributed by atoms with Crippen LogP contribution >= 0.6 is 0 Å². The minimum absolute atomic E-state index is 0.216. The number of nitrogens with one attached hydrogen (secondary N) is 2. The Kier molecular flexibility index (Phi) is 5.19. The van der Waals surface area contributed by atoms with Gasteiger partial charge >= 0.3 is 0 Å². The van der Waals surface area contributed by atoms with Crippen LogP contribution in [0.2, 0.25) is 0 Å². The molecule has 176 valence electrons. The number of rotatable bonds is 5. The van der Waals surface area contributed by atoms with Gasteiger partial charge in [-0.2, -0.15) is 10.2 Å². The van der Waals surface area contributed by atoms with Gasteiger partial charge in [0.15, 0.2) is 5.58 Å². The van der Waals surface area contributed by atoms with E-state index in [2.05, 4.69) is 25.6 Å². The van der Waals surface area contributed by atoms with Crippen LogP contribution in [0.3, 0.4) is 0 Å². The van der Waals surface area contributed by atoms with Crippen molar-refractivity contribution in [2.24, 2.45) is 0 Å². The fourth-order valence-electron chi connectivity index (χ4n) is 4.25. The molecule has 0 saturated heterocycles. The Morgan fingerprint density at radius 2 is 1.75 bits per heavy atom. The summed E-state index contributed by atoms with van der Waals surface area (Å²) in [6.45, 7) is 3.89. The van der Waals surface area contributed by atoms with Crippen molar-refractivity contribution in [3.8, 4) is 28.4 Å². The quantitative estimate of drug-likeness (QED) is 0.322. The van der Waals surface area contributed by atoms with Gasteiger partial charge in [0.2, 0.25) is 5.89 Å². The lowest BCUT2D eigenvalue weighted by Crippen LogP contribution is -2.13. The van der Waals surface area contributed by atoms with Gasteiger partial charge in [0.25, 0.3) is 5.91 Å². The van der Waals surface area contributed by atoms with Gasteiger partial charge in [0, 0.05) is 11.3 Å². The molecule has 3 heterocycles. The zero-order valence-electron chi connectivity index (χ0n) is 19.7. The van der Waals surface area contributed by atoms with E-state index in [1.165, 1.54) is 0 Å². The molecule has 0 saturated carbocycles. The molecule has 3 aromatic carbocycles. The van der Waals surface area contributed by atoms with Crippen LogP contribution in [0, 0.1) is 13.8 Å². The number of benzene rings is 3. The first-order valence-electron chi connectivity index (χ1n) is 11.5. The maximum atomic E-state index is 12.9. The molecular formula is C28H22N6O2. The molecule has 0 atom stereocenters. The van der Waals surface area contributed by atoms with Gasteiger partial charge in [-0.25, -0.2) is 9.67 Å². The third kappa shape index (κ3) is 3.74. The van der Waals surface area contributed by atoms with E-state index in [-0.39, 0.29) is 5.91 Å². The second-order valence-electron chi connectivity index (χ2n) is 8.52. The van der Waals surface area contributed by atoms with Crippen molar-refractivity contribution >= 4 is 22.7 Å². The van der Waals surface area contributed by atoms with Gasteiger partial charge in [0.1, 0.15) is 5.52 Å². The molecule has 0 radical (unpaired) electrons. The molecule has 0 spiro atoms. The number of aryl methyl sites for hydroxylation is 1. The third-order valence-electron chi connectivity index (χ3n) is 6.18. The third-order valence-corrected chi connectivity index (χ3v) is 6.18. The first-order valence-corrected chi connectivity index (χ1v) is 11.5. The number of carbonyl (C=O) groups excluding carboxylic acids is 1. The Balaban J connectivity index is 1.23. The van der Waals surface area contributed by atoms with Gasteiger partial charge in [-0.15, -0.1) is 0 Å². The maximum absolute atomic E-state index is 12.9. The number of H-pyrrole nitrogens is 1. The monoisotopic (exact) mass is 474 g/mol. The normalized spacial score (nSPS) is 11.2. The molecule has 0 unspecified atom stereocenters. The summed E-state index contributed by atoms with van der Waals surface area (Å²) >= 11 is 0. The lowest BCUT2D eigenvalue weighted by atomic mass is 10.1. The molecule has 8 heteroatoms. The fraction of sp³-hybridized carbons (Fsp3) is 0.0714.